The van der Waals surface area contributed by atoms with Crippen molar-refractivity contribution >= 4 is 30.8 Å². The number of aromatic amines is 1. The lowest BCUT2D eigenvalue weighted by Gasteiger charge is -2.16. The summed E-state index contributed by atoms with van der Waals surface area (Å²) in [4.78, 5) is 49.5. The van der Waals surface area contributed by atoms with Crippen LogP contribution in [0.15, 0.2) is 26.9 Å². The maximum atomic E-state index is 12.1. The monoisotopic (exact) mass is 351 g/mol. The van der Waals surface area contributed by atoms with Gasteiger partial charge in [-0.3, -0.25) is 9.78 Å². The van der Waals surface area contributed by atoms with Gasteiger partial charge in [-0.25, -0.2) is 9.78 Å². The molecule has 1 N–H and O–H groups in total. The maximum Gasteiger partial charge on any atom is 0.349 e. The van der Waals surface area contributed by atoms with E-state index < -0.39 is 16.9 Å². The van der Waals surface area contributed by atoms with E-state index in [1.165, 1.54) is 6.21 Å². The molecule has 9 nitrogen and oxygen atoms in total. The highest BCUT2D eigenvalue weighted by Gasteiger charge is 2.18. The number of oxime groups is 1. The fourth-order valence-corrected chi connectivity index (χ4v) is 2.50. The molecule has 0 unspecified atom stereocenters. The minimum Gasteiger partial charge on any atom is -0.389 e. The molecule has 26 heavy (non-hydrogen) atoms. The molecule has 0 fully saturated rings. The van der Waals surface area contributed by atoms with Crippen molar-refractivity contribution in [1.29, 1.82) is 0 Å². The number of rotatable bonds is 5. The Labute approximate surface area is 148 Å². The van der Waals surface area contributed by atoms with Gasteiger partial charge in [-0.2, -0.15) is 4.98 Å². The molecule has 0 spiro atoms. The lowest BCUT2D eigenvalue weighted by atomic mass is 10.1. The predicted molar refractivity (Wildman–Crippen MR) is 95.7 cm³/mol. The molecule has 130 valence electrons. The molecule has 2 heterocycles. The molecule has 0 amide bonds. The number of carbonyl (C=O) groups is 1. The second-order valence-corrected chi connectivity index (χ2v) is 5.72. The normalized spacial score (nSPS) is 11.5. The largest absolute Gasteiger partial charge is 0.389 e. The van der Waals surface area contributed by atoms with E-state index in [9.17, 15) is 14.4 Å². The first-order valence-corrected chi connectivity index (χ1v) is 7.70. The van der Waals surface area contributed by atoms with Crippen LogP contribution in [0.4, 0.5) is 0 Å². The summed E-state index contributed by atoms with van der Waals surface area (Å²) in [6.07, 6.45) is 1.38. The number of aryl methyl sites for hydroxylation is 2. The topological polar surface area (TPSA) is 119 Å². The summed E-state index contributed by atoms with van der Waals surface area (Å²) in [5, 5.41) is 3.65. The number of benzene rings is 1. The van der Waals surface area contributed by atoms with E-state index in [1.54, 1.807) is 4.57 Å². The van der Waals surface area contributed by atoms with E-state index in [1.807, 2.05) is 26.0 Å². The first-order valence-electron chi connectivity index (χ1n) is 7.70. The molecule has 0 aliphatic carbocycles. The average molecular weight is 351 g/mol. The van der Waals surface area contributed by atoms with E-state index >= 15 is 0 Å². The molecule has 1 aromatic carbocycles. The van der Waals surface area contributed by atoms with Crippen LogP contribution in [-0.4, -0.2) is 45.9 Å². The SMILES string of the molecule is [B]C(=O)CO/N=C/Cn1c2nc(=O)[nH]c(=O)c-2nc2cc(C)c(C)cc21. The van der Waals surface area contributed by atoms with E-state index in [0.717, 1.165) is 11.1 Å². The summed E-state index contributed by atoms with van der Waals surface area (Å²) in [7, 11) is 4.96. The smallest absolute Gasteiger partial charge is 0.349 e. The minimum atomic E-state index is -0.761. The van der Waals surface area contributed by atoms with Gasteiger partial charge < -0.3 is 14.2 Å². The van der Waals surface area contributed by atoms with Crippen molar-refractivity contribution in [3.05, 3.63) is 44.1 Å². The van der Waals surface area contributed by atoms with Crippen molar-refractivity contribution in [3.63, 3.8) is 0 Å². The summed E-state index contributed by atoms with van der Waals surface area (Å²) < 4.78 is 1.64. The van der Waals surface area contributed by atoms with Crippen LogP contribution in [-0.2, 0) is 16.2 Å². The molecule has 2 aliphatic heterocycles. The van der Waals surface area contributed by atoms with E-state index in [-0.39, 0.29) is 24.7 Å². The zero-order valence-corrected chi connectivity index (χ0v) is 14.1. The number of aromatic nitrogens is 4. The molecular weight excluding hydrogens is 337 g/mol. The second-order valence-electron chi connectivity index (χ2n) is 5.72. The van der Waals surface area contributed by atoms with Gasteiger partial charge in [0.1, 0.15) is 5.68 Å². The van der Waals surface area contributed by atoms with Crippen LogP contribution in [0, 0.1) is 13.8 Å². The van der Waals surface area contributed by atoms with Crippen LogP contribution in [0.5, 0.6) is 0 Å². The van der Waals surface area contributed by atoms with Gasteiger partial charge in [-0.15, -0.1) is 0 Å². The molecule has 3 rings (SSSR count). The standard InChI is InChI=1S/C16H14BN5O4/c1-8-5-10-11(6-9(8)2)22(4-3-18-26-7-12(17)23)14-13(19-10)15(24)21-16(25)20-14/h3,5-6H,4,7H2,1-2H3,(H,21,24,25)/b18-3+. The molecule has 0 saturated heterocycles. The number of nitrogens with one attached hydrogen (secondary N) is 1. The number of H-pyrrole nitrogens is 1. The molecular formula is C16H14BN5O4. The van der Waals surface area contributed by atoms with E-state index in [0.29, 0.717) is 11.0 Å². The molecule has 10 heteroatoms. The number of hydrogen-bond acceptors (Lipinski definition) is 7. The second kappa shape index (κ2) is 6.91. The third-order valence-electron chi connectivity index (χ3n) is 3.84. The van der Waals surface area contributed by atoms with Gasteiger partial charge in [0, 0.05) is 0 Å². The van der Waals surface area contributed by atoms with Crippen LogP contribution in [0.1, 0.15) is 11.1 Å². The third-order valence-corrected chi connectivity index (χ3v) is 3.84. The van der Waals surface area contributed by atoms with Gasteiger partial charge in [-0.05, 0) is 37.1 Å². The molecule has 2 radical (unpaired) electrons. The predicted octanol–water partition coefficient (Wildman–Crippen LogP) is -0.101. The van der Waals surface area contributed by atoms with Crippen molar-refractivity contribution in [3.8, 4) is 11.5 Å². The fraction of sp³-hybridized carbons (Fsp3) is 0.250. The van der Waals surface area contributed by atoms with Gasteiger partial charge >= 0.3 is 5.69 Å². The van der Waals surface area contributed by atoms with E-state index in [4.69, 9.17) is 12.7 Å². The summed E-state index contributed by atoms with van der Waals surface area (Å²) in [5.41, 5.74) is 1.31. The lowest BCUT2D eigenvalue weighted by molar-refractivity contribution is -0.115. The van der Waals surface area contributed by atoms with Gasteiger partial charge in [-0.1, -0.05) is 5.16 Å². The zero-order chi connectivity index (χ0) is 18.8. The van der Waals surface area contributed by atoms with Gasteiger partial charge in [0.15, 0.2) is 26.0 Å². The summed E-state index contributed by atoms with van der Waals surface area (Å²) in [5.74, 6) is 0.135. The molecule has 0 atom stereocenters. The summed E-state index contributed by atoms with van der Waals surface area (Å²) in [6.45, 7) is 3.68. The summed E-state index contributed by atoms with van der Waals surface area (Å²) >= 11 is 0. The lowest BCUT2D eigenvalue weighted by Crippen LogP contribution is -2.29. The number of nitrogens with zero attached hydrogens (tertiary/aromatic N) is 4. The Kier molecular flexibility index (Phi) is 4.66. The van der Waals surface area contributed by atoms with E-state index in [2.05, 4.69) is 20.1 Å². The molecule has 0 bridgehead atoms. The van der Waals surface area contributed by atoms with Crippen LogP contribution in [0.2, 0.25) is 0 Å². The van der Waals surface area contributed by atoms with Crippen LogP contribution < -0.4 is 11.2 Å². The number of carbonyl (C=O) groups excluding carboxylic acids is 1. The Bertz CT molecular complexity index is 1120. The molecule has 1 aromatic rings. The van der Waals surface area contributed by atoms with Gasteiger partial charge in [0.25, 0.3) is 5.56 Å². The van der Waals surface area contributed by atoms with Crippen molar-refractivity contribution in [1.82, 2.24) is 19.5 Å². The van der Waals surface area contributed by atoms with Gasteiger partial charge in [0.2, 0.25) is 0 Å². The highest BCUT2D eigenvalue weighted by Crippen LogP contribution is 2.23. The first kappa shape index (κ1) is 17.5. The highest BCUT2D eigenvalue weighted by molar-refractivity contribution is 6.58. The third kappa shape index (κ3) is 3.39. The van der Waals surface area contributed by atoms with Crippen LogP contribution in [0.3, 0.4) is 0 Å². The molecule has 0 aromatic heterocycles. The van der Waals surface area contributed by atoms with Gasteiger partial charge in [0.05, 0.1) is 23.8 Å². The molecule has 2 aliphatic rings. The minimum absolute atomic E-state index is 0.0480. The first-order chi connectivity index (χ1) is 12.4. The Morgan fingerprint density at radius 3 is 2.77 bits per heavy atom. The van der Waals surface area contributed by atoms with Crippen LogP contribution in [0.25, 0.3) is 22.6 Å². The average Bonchev–Trinajstić information content (AvgIpc) is 2.56. The Morgan fingerprint density at radius 1 is 1.31 bits per heavy atom. The Balaban J connectivity index is 2.18. The maximum absolute atomic E-state index is 12.1. The Morgan fingerprint density at radius 2 is 2.04 bits per heavy atom. The van der Waals surface area contributed by atoms with Crippen molar-refractivity contribution in [2.45, 2.75) is 20.4 Å². The zero-order valence-electron chi connectivity index (χ0n) is 14.1. The van der Waals surface area contributed by atoms with Crippen molar-refractivity contribution in [2.24, 2.45) is 5.16 Å². The quantitative estimate of drug-likeness (QED) is 0.297. The van der Waals surface area contributed by atoms with Crippen molar-refractivity contribution in [2.75, 3.05) is 6.61 Å². The summed E-state index contributed by atoms with van der Waals surface area (Å²) in [6, 6.07) is 3.74. The highest BCUT2D eigenvalue weighted by atomic mass is 16.6. The Hall–Kier alpha value is -3.30. The van der Waals surface area contributed by atoms with Crippen LogP contribution >= 0.6 is 0 Å². The fourth-order valence-electron chi connectivity index (χ4n) is 2.50. The number of fused-ring (bicyclic) bond motifs is 2. The van der Waals surface area contributed by atoms with Crippen molar-refractivity contribution < 1.29 is 9.63 Å². The molecule has 0 saturated carbocycles. The number of hydrogen-bond donors (Lipinski definition) is 1.